The lowest BCUT2D eigenvalue weighted by molar-refractivity contribution is 0.0601. The Morgan fingerprint density at radius 3 is 2.86 bits per heavy atom. The first-order chi connectivity index (χ1) is 10.8. The number of esters is 1. The summed E-state index contributed by atoms with van der Waals surface area (Å²) < 4.78 is 6.80. The van der Waals surface area contributed by atoms with E-state index in [-0.39, 0.29) is 5.97 Å². The SMILES string of the molecule is COC(=O)c1ccc2nc(-c3ccnn3C3CC3)ccc2c1. The van der Waals surface area contributed by atoms with E-state index in [2.05, 4.69) is 9.78 Å². The third-order valence-electron chi connectivity index (χ3n) is 3.94. The highest BCUT2D eigenvalue weighted by Gasteiger charge is 2.26. The second-order valence-electron chi connectivity index (χ2n) is 5.49. The van der Waals surface area contributed by atoms with Crippen LogP contribution in [0.5, 0.6) is 0 Å². The predicted octanol–water partition coefficient (Wildman–Crippen LogP) is 3.22. The van der Waals surface area contributed by atoms with E-state index < -0.39 is 0 Å². The molecule has 0 spiro atoms. The minimum absolute atomic E-state index is 0.335. The van der Waals surface area contributed by atoms with Gasteiger partial charge in [-0.05, 0) is 43.2 Å². The van der Waals surface area contributed by atoms with Crippen LogP contribution in [0.25, 0.3) is 22.3 Å². The van der Waals surface area contributed by atoms with Gasteiger partial charge in [-0.1, -0.05) is 6.07 Å². The molecule has 2 aromatic heterocycles. The lowest BCUT2D eigenvalue weighted by atomic mass is 10.1. The summed E-state index contributed by atoms with van der Waals surface area (Å²) in [6.45, 7) is 0. The van der Waals surface area contributed by atoms with Crippen molar-refractivity contribution in [3.05, 3.63) is 48.2 Å². The molecule has 0 aliphatic heterocycles. The first kappa shape index (κ1) is 13.0. The number of hydrogen-bond acceptors (Lipinski definition) is 4. The van der Waals surface area contributed by atoms with Gasteiger partial charge in [-0.2, -0.15) is 5.10 Å². The summed E-state index contributed by atoms with van der Waals surface area (Å²) in [7, 11) is 1.38. The average molecular weight is 293 g/mol. The van der Waals surface area contributed by atoms with E-state index in [9.17, 15) is 4.79 Å². The third kappa shape index (κ3) is 2.15. The molecule has 1 saturated carbocycles. The van der Waals surface area contributed by atoms with Crippen LogP contribution >= 0.6 is 0 Å². The van der Waals surface area contributed by atoms with Crippen molar-refractivity contribution >= 4 is 16.9 Å². The van der Waals surface area contributed by atoms with Crippen LogP contribution in [0.3, 0.4) is 0 Å². The van der Waals surface area contributed by atoms with Crippen LogP contribution < -0.4 is 0 Å². The lowest BCUT2D eigenvalue weighted by Crippen LogP contribution is -2.01. The average Bonchev–Trinajstić information content (AvgIpc) is 3.30. The topological polar surface area (TPSA) is 57.0 Å². The highest BCUT2D eigenvalue weighted by Crippen LogP contribution is 2.37. The maximum absolute atomic E-state index is 11.6. The van der Waals surface area contributed by atoms with Crippen molar-refractivity contribution in [2.75, 3.05) is 7.11 Å². The van der Waals surface area contributed by atoms with E-state index in [1.54, 1.807) is 12.1 Å². The van der Waals surface area contributed by atoms with Crippen LogP contribution in [0.1, 0.15) is 29.2 Å². The summed E-state index contributed by atoms with van der Waals surface area (Å²) >= 11 is 0. The number of fused-ring (bicyclic) bond motifs is 1. The maximum Gasteiger partial charge on any atom is 0.337 e. The first-order valence-corrected chi connectivity index (χ1v) is 7.29. The zero-order chi connectivity index (χ0) is 15.1. The minimum Gasteiger partial charge on any atom is -0.465 e. The quantitative estimate of drug-likeness (QED) is 0.696. The molecule has 1 aromatic carbocycles. The van der Waals surface area contributed by atoms with Crippen molar-refractivity contribution in [1.29, 1.82) is 0 Å². The summed E-state index contributed by atoms with van der Waals surface area (Å²) in [4.78, 5) is 16.3. The van der Waals surface area contributed by atoms with Crippen LogP contribution in [-0.2, 0) is 4.74 Å². The van der Waals surface area contributed by atoms with Crippen molar-refractivity contribution < 1.29 is 9.53 Å². The molecule has 5 heteroatoms. The van der Waals surface area contributed by atoms with Gasteiger partial charge in [0.05, 0.1) is 35.6 Å². The molecule has 0 amide bonds. The van der Waals surface area contributed by atoms with Gasteiger partial charge in [-0.3, -0.25) is 4.68 Å². The van der Waals surface area contributed by atoms with Gasteiger partial charge in [0, 0.05) is 11.6 Å². The summed E-state index contributed by atoms with van der Waals surface area (Å²) in [5.41, 5.74) is 3.34. The molecule has 1 fully saturated rings. The van der Waals surface area contributed by atoms with E-state index >= 15 is 0 Å². The van der Waals surface area contributed by atoms with E-state index in [1.165, 1.54) is 20.0 Å². The van der Waals surface area contributed by atoms with Gasteiger partial charge >= 0.3 is 5.97 Å². The summed E-state index contributed by atoms with van der Waals surface area (Å²) in [5, 5.41) is 5.32. The molecule has 2 heterocycles. The van der Waals surface area contributed by atoms with Crippen LogP contribution in [0.15, 0.2) is 42.6 Å². The number of ether oxygens (including phenoxy) is 1. The van der Waals surface area contributed by atoms with Crippen molar-refractivity contribution in [2.45, 2.75) is 18.9 Å². The van der Waals surface area contributed by atoms with Gasteiger partial charge in [0.15, 0.2) is 0 Å². The molecule has 0 N–H and O–H groups in total. The number of aromatic nitrogens is 3. The van der Waals surface area contributed by atoms with Gasteiger partial charge in [0.1, 0.15) is 0 Å². The molecule has 5 nitrogen and oxygen atoms in total. The summed E-state index contributed by atoms with van der Waals surface area (Å²) in [5.74, 6) is -0.335. The Kier molecular flexibility index (Phi) is 2.92. The fourth-order valence-corrected chi connectivity index (χ4v) is 2.64. The molecule has 22 heavy (non-hydrogen) atoms. The highest BCUT2D eigenvalue weighted by atomic mass is 16.5. The first-order valence-electron chi connectivity index (χ1n) is 7.29. The van der Waals surface area contributed by atoms with Crippen LogP contribution in [0.4, 0.5) is 0 Å². The number of carbonyl (C=O) groups excluding carboxylic acids is 1. The van der Waals surface area contributed by atoms with Gasteiger partial charge in [0.25, 0.3) is 0 Å². The van der Waals surface area contributed by atoms with Crippen molar-refractivity contribution in [2.24, 2.45) is 0 Å². The van der Waals surface area contributed by atoms with Crippen LogP contribution in [0.2, 0.25) is 0 Å². The number of rotatable bonds is 3. The van der Waals surface area contributed by atoms with Gasteiger partial charge in [-0.25, -0.2) is 9.78 Å². The van der Waals surface area contributed by atoms with E-state index in [0.717, 1.165) is 22.3 Å². The number of benzene rings is 1. The Bertz CT molecular complexity index is 865. The van der Waals surface area contributed by atoms with Crippen molar-refractivity contribution in [1.82, 2.24) is 14.8 Å². The molecule has 0 bridgehead atoms. The summed E-state index contributed by atoms with van der Waals surface area (Å²) in [6, 6.07) is 11.9. The van der Waals surface area contributed by atoms with E-state index in [1.807, 2.05) is 30.5 Å². The van der Waals surface area contributed by atoms with Crippen molar-refractivity contribution in [3.8, 4) is 11.4 Å². The second-order valence-corrected chi connectivity index (χ2v) is 5.49. The van der Waals surface area contributed by atoms with Gasteiger partial charge in [-0.15, -0.1) is 0 Å². The van der Waals surface area contributed by atoms with Crippen LogP contribution in [0, 0.1) is 0 Å². The van der Waals surface area contributed by atoms with E-state index in [0.29, 0.717) is 11.6 Å². The summed E-state index contributed by atoms with van der Waals surface area (Å²) in [6.07, 6.45) is 4.19. The van der Waals surface area contributed by atoms with Gasteiger partial charge < -0.3 is 4.74 Å². The monoisotopic (exact) mass is 293 g/mol. The fraction of sp³-hybridized carbons (Fsp3) is 0.235. The number of methoxy groups -OCH3 is 1. The molecule has 0 unspecified atom stereocenters. The smallest absolute Gasteiger partial charge is 0.337 e. The number of pyridine rings is 1. The third-order valence-corrected chi connectivity index (χ3v) is 3.94. The molecule has 0 radical (unpaired) electrons. The van der Waals surface area contributed by atoms with Gasteiger partial charge in [0.2, 0.25) is 0 Å². The molecule has 0 atom stereocenters. The zero-order valence-electron chi connectivity index (χ0n) is 12.2. The maximum atomic E-state index is 11.6. The second kappa shape index (κ2) is 4.94. The largest absolute Gasteiger partial charge is 0.465 e. The molecular weight excluding hydrogens is 278 g/mol. The lowest BCUT2D eigenvalue weighted by Gasteiger charge is -2.07. The normalized spacial score (nSPS) is 14.2. The molecule has 1 aliphatic carbocycles. The highest BCUT2D eigenvalue weighted by molar-refractivity contribution is 5.94. The molecule has 3 aromatic rings. The van der Waals surface area contributed by atoms with E-state index in [4.69, 9.17) is 9.72 Å². The molecule has 110 valence electrons. The zero-order valence-corrected chi connectivity index (χ0v) is 12.2. The van der Waals surface area contributed by atoms with Crippen molar-refractivity contribution in [3.63, 3.8) is 0 Å². The number of hydrogen-bond donors (Lipinski definition) is 0. The Hall–Kier alpha value is -2.69. The Balaban J connectivity index is 1.77. The standard InChI is InChI=1S/C17H15N3O2/c1-22-17(21)12-3-6-14-11(10-12)2-7-15(19-14)16-8-9-18-20(16)13-4-5-13/h2-3,6-10,13H,4-5H2,1H3. The number of nitrogens with zero attached hydrogens (tertiary/aromatic N) is 3. The Morgan fingerprint density at radius 1 is 1.23 bits per heavy atom. The minimum atomic E-state index is -0.335. The van der Waals surface area contributed by atoms with Crippen LogP contribution in [-0.4, -0.2) is 27.8 Å². The molecule has 1 aliphatic rings. The predicted molar refractivity (Wildman–Crippen MR) is 82.6 cm³/mol. The molecular formula is C17H15N3O2. The molecule has 0 saturated heterocycles. The fourth-order valence-electron chi connectivity index (χ4n) is 2.64. The Morgan fingerprint density at radius 2 is 2.09 bits per heavy atom. The molecule has 4 rings (SSSR count). The Labute approximate surface area is 127 Å². The number of carbonyl (C=O) groups is 1.